The van der Waals surface area contributed by atoms with E-state index in [1.54, 1.807) is 7.05 Å². The van der Waals surface area contributed by atoms with Crippen molar-refractivity contribution in [2.24, 2.45) is 5.92 Å². The van der Waals surface area contributed by atoms with Crippen LogP contribution >= 0.6 is 0 Å². The van der Waals surface area contributed by atoms with Crippen LogP contribution < -0.4 is 10.6 Å². The van der Waals surface area contributed by atoms with Gasteiger partial charge in [0.05, 0.1) is 11.8 Å². The van der Waals surface area contributed by atoms with Gasteiger partial charge in [-0.3, -0.25) is 4.79 Å². The maximum absolute atomic E-state index is 13.1. The number of amides is 1. The molecule has 0 saturated heterocycles. The maximum atomic E-state index is 13.1. The van der Waals surface area contributed by atoms with Crippen LogP contribution in [-0.2, 0) is 0 Å². The Morgan fingerprint density at radius 2 is 2.39 bits per heavy atom. The van der Waals surface area contributed by atoms with Gasteiger partial charge in [-0.2, -0.15) is 0 Å². The Labute approximate surface area is 106 Å². The summed E-state index contributed by atoms with van der Waals surface area (Å²) in [5, 5.41) is 5.72. The van der Waals surface area contributed by atoms with Crippen LogP contribution in [0.3, 0.4) is 0 Å². The van der Waals surface area contributed by atoms with Crippen molar-refractivity contribution in [1.29, 1.82) is 0 Å². The summed E-state index contributed by atoms with van der Waals surface area (Å²) in [6.07, 6.45) is 4.38. The standard InChI is InChI=1S/C13H18FN3O/c1-3-4-8-5-11(8)17-13(18)10-6-9(14)7-16-12(10)15-2/h6-8,11H,3-5H2,1-2H3,(H,15,16)(H,17,18). The molecule has 4 nitrogen and oxygen atoms in total. The number of aromatic nitrogens is 1. The van der Waals surface area contributed by atoms with Gasteiger partial charge in [0, 0.05) is 13.1 Å². The van der Waals surface area contributed by atoms with Gasteiger partial charge in [0.1, 0.15) is 11.6 Å². The number of carbonyl (C=O) groups excluding carboxylic acids is 1. The van der Waals surface area contributed by atoms with Gasteiger partial charge in [-0.15, -0.1) is 0 Å². The van der Waals surface area contributed by atoms with Crippen molar-refractivity contribution in [3.05, 3.63) is 23.6 Å². The zero-order chi connectivity index (χ0) is 13.1. The molecule has 2 rings (SSSR count). The van der Waals surface area contributed by atoms with E-state index in [0.29, 0.717) is 11.7 Å². The van der Waals surface area contributed by atoms with E-state index in [1.807, 2.05) is 0 Å². The van der Waals surface area contributed by atoms with Gasteiger partial charge < -0.3 is 10.6 Å². The molecule has 1 amide bonds. The van der Waals surface area contributed by atoms with Gasteiger partial charge in [0.15, 0.2) is 0 Å². The molecule has 1 heterocycles. The van der Waals surface area contributed by atoms with Crippen LogP contribution in [-0.4, -0.2) is 24.0 Å². The predicted molar refractivity (Wildman–Crippen MR) is 68.0 cm³/mol. The first-order chi connectivity index (χ1) is 8.65. The molecule has 1 saturated carbocycles. The van der Waals surface area contributed by atoms with Gasteiger partial charge in [0.25, 0.3) is 5.91 Å². The lowest BCUT2D eigenvalue weighted by Gasteiger charge is -2.08. The lowest BCUT2D eigenvalue weighted by atomic mass is 10.2. The smallest absolute Gasteiger partial charge is 0.255 e. The fourth-order valence-corrected chi connectivity index (χ4v) is 2.17. The Bertz CT molecular complexity index is 450. The fraction of sp³-hybridized carbons (Fsp3) is 0.538. The van der Waals surface area contributed by atoms with Crippen LogP contribution in [0.5, 0.6) is 0 Å². The number of anilines is 1. The zero-order valence-electron chi connectivity index (χ0n) is 10.7. The number of halogens is 1. The van der Waals surface area contributed by atoms with E-state index < -0.39 is 5.82 Å². The molecule has 1 aliphatic carbocycles. The van der Waals surface area contributed by atoms with E-state index in [-0.39, 0.29) is 17.5 Å². The van der Waals surface area contributed by atoms with E-state index in [0.717, 1.165) is 25.5 Å². The van der Waals surface area contributed by atoms with Crippen molar-refractivity contribution >= 4 is 11.7 Å². The topological polar surface area (TPSA) is 54.0 Å². The number of rotatable bonds is 5. The summed E-state index contributed by atoms with van der Waals surface area (Å²) >= 11 is 0. The molecule has 18 heavy (non-hydrogen) atoms. The average molecular weight is 251 g/mol. The number of nitrogens with one attached hydrogen (secondary N) is 2. The molecule has 1 aromatic heterocycles. The Morgan fingerprint density at radius 1 is 1.61 bits per heavy atom. The minimum absolute atomic E-state index is 0.241. The summed E-state index contributed by atoms with van der Waals surface area (Å²) in [6, 6.07) is 1.45. The maximum Gasteiger partial charge on any atom is 0.255 e. The number of nitrogens with zero attached hydrogens (tertiary/aromatic N) is 1. The van der Waals surface area contributed by atoms with E-state index in [9.17, 15) is 9.18 Å². The highest BCUT2D eigenvalue weighted by Crippen LogP contribution is 2.34. The molecule has 98 valence electrons. The average Bonchev–Trinajstić information content (AvgIpc) is 3.07. The molecule has 0 aliphatic heterocycles. The summed E-state index contributed by atoms with van der Waals surface area (Å²) in [5.74, 6) is 0.232. The first kappa shape index (κ1) is 12.8. The second-order valence-electron chi connectivity index (χ2n) is 4.66. The molecule has 0 spiro atoms. The molecule has 1 aliphatic rings. The van der Waals surface area contributed by atoms with E-state index in [4.69, 9.17) is 0 Å². The lowest BCUT2D eigenvalue weighted by molar-refractivity contribution is 0.0949. The largest absolute Gasteiger partial charge is 0.372 e. The summed E-state index contributed by atoms with van der Waals surface area (Å²) in [4.78, 5) is 15.9. The van der Waals surface area contributed by atoms with E-state index >= 15 is 0 Å². The fourth-order valence-electron chi connectivity index (χ4n) is 2.17. The summed E-state index contributed by atoms with van der Waals surface area (Å²) < 4.78 is 13.1. The van der Waals surface area contributed by atoms with Crippen molar-refractivity contribution in [2.75, 3.05) is 12.4 Å². The molecule has 0 aromatic carbocycles. The van der Waals surface area contributed by atoms with Crippen LogP contribution in [0, 0.1) is 11.7 Å². The van der Waals surface area contributed by atoms with Crippen LogP contribution in [0.15, 0.2) is 12.3 Å². The van der Waals surface area contributed by atoms with Crippen molar-refractivity contribution in [3.8, 4) is 0 Å². The minimum Gasteiger partial charge on any atom is -0.372 e. The molecule has 2 N–H and O–H groups in total. The van der Waals surface area contributed by atoms with Crippen molar-refractivity contribution in [2.45, 2.75) is 32.2 Å². The van der Waals surface area contributed by atoms with Crippen LogP contribution in [0.4, 0.5) is 10.2 Å². The summed E-state index contributed by atoms with van der Waals surface area (Å²) in [6.45, 7) is 2.13. The van der Waals surface area contributed by atoms with Gasteiger partial charge in [-0.25, -0.2) is 9.37 Å². The molecule has 0 radical (unpaired) electrons. The molecule has 2 atom stereocenters. The van der Waals surface area contributed by atoms with Crippen molar-refractivity contribution in [3.63, 3.8) is 0 Å². The molecule has 1 aromatic rings. The van der Waals surface area contributed by atoms with E-state index in [2.05, 4.69) is 22.5 Å². The number of pyridine rings is 1. The normalized spacial score (nSPS) is 21.5. The molecule has 2 unspecified atom stereocenters. The van der Waals surface area contributed by atoms with Gasteiger partial charge in [0.2, 0.25) is 0 Å². The SMILES string of the molecule is CCCC1CC1NC(=O)c1cc(F)cnc1NC. The van der Waals surface area contributed by atoms with Crippen LogP contribution in [0.1, 0.15) is 36.5 Å². The highest BCUT2D eigenvalue weighted by atomic mass is 19.1. The summed E-state index contributed by atoms with van der Waals surface area (Å²) in [7, 11) is 1.66. The minimum atomic E-state index is -0.500. The quantitative estimate of drug-likeness (QED) is 0.843. The lowest BCUT2D eigenvalue weighted by Crippen LogP contribution is -2.28. The van der Waals surface area contributed by atoms with Crippen LogP contribution in [0.2, 0.25) is 0 Å². The molecule has 0 bridgehead atoms. The highest BCUT2D eigenvalue weighted by Gasteiger charge is 2.37. The third kappa shape index (κ3) is 2.78. The molecule has 5 heteroatoms. The van der Waals surface area contributed by atoms with Gasteiger partial charge in [-0.05, 0) is 24.8 Å². The molecular formula is C13H18FN3O. The Morgan fingerprint density at radius 3 is 3.06 bits per heavy atom. The monoisotopic (exact) mass is 251 g/mol. The Balaban J connectivity index is 2.03. The first-order valence-electron chi connectivity index (χ1n) is 6.29. The summed E-state index contributed by atoms with van der Waals surface area (Å²) in [5.41, 5.74) is 0.264. The first-order valence-corrected chi connectivity index (χ1v) is 6.29. The zero-order valence-corrected chi connectivity index (χ0v) is 10.7. The number of hydrogen-bond donors (Lipinski definition) is 2. The van der Waals surface area contributed by atoms with Crippen molar-refractivity contribution in [1.82, 2.24) is 10.3 Å². The Kier molecular flexibility index (Phi) is 3.79. The third-order valence-electron chi connectivity index (χ3n) is 3.23. The van der Waals surface area contributed by atoms with Crippen molar-refractivity contribution < 1.29 is 9.18 Å². The predicted octanol–water partition coefficient (Wildman–Crippen LogP) is 2.18. The highest BCUT2D eigenvalue weighted by molar-refractivity contribution is 5.99. The Hall–Kier alpha value is -1.65. The number of carbonyl (C=O) groups is 1. The van der Waals surface area contributed by atoms with E-state index in [1.165, 1.54) is 6.07 Å². The number of hydrogen-bond acceptors (Lipinski definition) is 3. The van der Waals surface area contributed by atoms with Gasteiger partial charge in [-0.1, -0.05) is 13.3 Å². The second kappa shape index (κ2) is 5.33. The molecular weight excluding hydrogens is 233 g/mol. The second-order valence-corrected chi connectivity index (χ2v) is 4.66. The molecule has 1 fully saturated rings. The van der Waals surface area contributed by atoms with Crippen LogP contribution in [0.25, 0.3) is 0 Å². The van der Waals surface area contributed by atoms with Gasteiger partial charge >= 0.3 is 0 Å². The third-order valence-corrected chi connectivity index (χ3v) is 3.23.